The lowest BCUT2D eigenvalue weighted by Gasteiger charge is -2.18. The van der Waals surface area contributed by atoms with Gasteiger partial charge in [0.05, 0.1) is 6.20 Å². The van der Waals surface area contributed by atoms with E-state index in [-0.39, 0.29) is 11.4 Å². The summed E-state index contributed by atoms with van der Waals surface area (Å²) >= 11 is 0. The Bertz CT molecular complexity index is 494. The fraction of sp³-hybridized carbons (Fsp3) is 0.556. The van der Waals surface area contributed by atoms with E-state index in [0.717, 1.165) is 4.31 Å². The Morgan fingerprint density at radius 3 is 2.65 bits per heavy atom. The maximum atomic E-state index is 12.1. The molecule has 0 saturated carbocycles. The predicted octanol–water partition coefficient (Wildman–Crippen LogP) is -0.0946. The van der Waals surface area contributed by atoms with Crippen molar-refractivity contribution in [2.45, 2.75) is 18.2 Å². The number of carbonyl (C=O) groups is 1. The summed E-state index contributed by atoms with van der Waals surface area (Å²) in [7, 11) is -2.17. The van der Waals surface area contributed by atoms with Crippen LogP contribution in [0.25, 0.3) is 0 Å². The molecule has 8 heteroatoms. The summed E-state index contributed by atoms with van der Waals surface area (Å²) in [6.07, 6.45) is 3.10. The Morgan fingerprint density at radius 1 is 1.59 bits per heavy atom. The third-order valence-corrected chi connectivity index (χ3v) is 3.90. The summed E-state index contributed by atoms with van der Waals surface area (Å²) in [6, 6.07) is 0. The number of rotatable bonds is 6. The van der Waals surface area contributed by atoms with Crippen molar-refractivity contribution in [1.29, 1.82) is 0 Å². The van der Waals surface area contributed by atoms with Gasteiger partial charge in [-0.25, -0.2) is 8.42 Å². The van der Waals surface area contributed by atoms with Crippen molar-refractivity contribution in [2.75, 3.05) is 13.1 Å². The van der Waals surface area contributed by atoms with Crippen LogP contribution in [0.5, 0.6) is 0 Å². The number of hydrogen-bond donors (Lipinski definition) is 1. The first-order valence-corrected chi connectivity index (χ1v) is 6.52. The van der Waals surface area contributed by atoms with E-state index in [1.54, 1.807) is 14.0 Å². The lowest BCUT2D eigenvalue weighted by Crippen LogP contribution is -2.36. The van der Waals surface area contributed by atoms with Crippen LogP contribution in [0.4, 0.5) is 0 Å². The monoisotopic (exact) mass is 261 g/mol. The zero-order valence-corrected chi connectivity index (χ0v) is 10.5. The summed E-state index contributed by atoms with van der Waals surface area (Å²) < 4.78 is 26.5. The standard InChI is InChI=1S/C9H15N3O4S/c1-3-4-12(7-9(13)14)17(15,16)8-5-10-11(2)6-8/h5-6H,3-4,7H2,1-2H3,(H,13,14). The quantitative estimate of drug-likeness (QED) is 0.772. The number of sulfonamides is 1. The molecule has 0 fully saturated rings. The molecule has 96 valence electrons. The average molecular weight is 261 g/mol. The van der Waals surface area contributed by atoms with Gasteiger partial charge in [0, 0.05) is 19.8 Å². The number of hydrogen-bond acceptors (Lipinski definition) is 4. The highest BCUT2D eigenvalue weighted by Gasteiger charge is 2.26. The highest BCUT2D eigenvalue weighted by molar-refractivity contribution is 7.89. The van der Waals surface area contributed by atoms with E-state index < -0.39 is 22.5 Å². The normalized spacial score (nSPS) is 11.9. The van der Waals surface area contributed by atoms with E-state index in [2.05, 4.69) is 5.10 Å². The second kappa shape index (κ2) is 5.28. The Hall–Kier alpha value is -1.41. The molecule has 1 rings (SSSR count). The summed E-state index contributed by atoms with van der Waals surface area (Å²) in [5, 5.41) is 12.5. The van der Waals surface area contributed by atoms with Gasteiger partial charge in [0.25, 0.3) is 0 Å². The van der Waals surface area contributed by atoms with Gasteiger partial charge in [0.1, 0.15) is 11.4 Å². The average Bonchev–Trinajstić information content (AvgIpc) is 2.64. The van der Waals surface area contributed by atoms with Crippen LogP contribution in [0.3, 0.4) is 0 Å². The SMILES string of the molecule is CCCN(CC(=O)O)S(=O)(=O)c1cnn(C)c1. The van der Waals surface area contributed by atoms with E-state index in [9.17, 15) is 13.2 Å². The number of aliphatic carboxylic acids is 1. The van der Waals surface area contributed by atoms with Gasteiger partial charge in [-0.15, -0.1) is 0 Å². The largest absolute Gasteiger partial charge is 0.480 e. The second-order valence-electron chi connectivity index (χ2n) is 3.58. The molecular weight excluding hydrogens is 246 g/mol. The molecule has 0 amide bonds. The molecule has 0 aliphatic heterocycles. The maximum absolute atomic E-state index is 12.1. The molecule has 0 aromatic carbocycles. The smallest absolute Gasteiger partial charge is 0.318 e. The summed E-state index contributed by atoms with van der Waals surface area (Å²) in [5.41, 5.74) is 0. The van der Waals surface area contributed by atoms with E-state index in [0.29, 0.717) is 6.42 Å². The van der Waals surface area contributed by atoms with Crippen molar-refractivity contribution in [2.24, 2.45) is 7.05 Å². The van der Waals surface area contributed by atoms with Gasteiger partial charge in [-0.2, -0.15) is 9.40 Å². The number of nitrogens with zero attached hydrogens (tertiary/aromatic N) is 3. The van der Waals surface area contributed by atoms with Crippen LogP contribution >= 0.6 is 0 Å². The molecule has 7 nitrogen and oxygen atoms in total. The van der Waals surface area contributed by atoms with Crippen LogP contribution in [0.15, 0.2) is 17.3 Å². The fourth-order valence-electron chi connectivity index (χ4n) is 1.37. The summed E-state index contributed by atoms with van der Waals surface area (Å²) in [6.45, 7) is 1.42. The molecule has 0 bridgehead atoms. The van der Waals surface area contributed by atoms with Crippen molar-refractivity contribution < 1.29 is 18.3 Å². The minimum absolute atomic E-state index is 0.00898. The third-order valence-electron chi connectivity index (χ3n) is 2.10. The summed E-state index contributed by atoms with van der Waals surface area (Å²) in [4.78, 5) is 10.6. The molecule has 1 aromatic rings. The van der Waals surface area contributed by atoms with Crippen LogP contribution in [-0.4, -0.2) is 46.7 Å². The first-order chi connectivity index (χ1) is 7.87. The molecule has 1 heterocycles. The van der Waals surface area contributed by atoms with Gasteiger partial charge in [-0.3, -0.25) is 9.48 Å². The van der Waals surface area contributed by atoms with Crippen LogP contribution < -0.4 is 0 Å². The van der Waals surface area contributed by atoms with Gasteiger partial charge in [-0.1, -0.05) is 6.92 Å². The molecule has 0 aliphatic rings. The van der Waals surface area contributed by atoms with Crippen LogP contribution in [0.1, 0.15) is 13.3 Å². The Kier molecular flexibility index (Phi) is 4.24. The maximum Gasteiger partial charge on any atom is 0.318 e. The Labute approximate surface area is 99.7 Å². The predicted molar refractivity (Wildman–Crippen MR) is 59.9 cm³/mol. The van der Waals surface area contributed by atoms with E-state index in [1.807, 2.05) is 0 Å². The molecule has 0 unspecified atom stereocenters. The molecule has 1 aromatic heterocycles. The molecule has 17 heavy (non-hydrogen) atoms. The first-order valence-electron chi connectivity index (χ1n) is 5.08. The first kappa shape index (κ1) is 13.7. The van der Waals surface area contributed by atoms with E-state index >= 15 is 0 Å². The number of carboxylic acids is 1. The summed E-state index contributed by atoms with van der Waals surface area (Å²) in [5.74, 6) is -1.18. The van der Waals surface area contributed by atoms with E-state index in [1.165, 1.54) is 17.1 Å². The molecule has 1 N–H and O–H groups in total. The van der Waals surface area contributed by atoms with E-state index in [4.69, 9.17) is 5.11 Å². The van der Waals surface area contributed by atoms with Crippen LogP contribution in [0, 0.1) is 0 Å². The molecule has 0 spiro atoms. The van der Waals surface area contributed by atoms with Crippen LogP contribution in [-0.2, 0) is 21.9 Å². The van der Waals surface area contributed by atoms with Crippen molar-refractivity contribution in [1.82, 2.24) is 14.1 Å². The van der Waals surface area contributed by atoms with Crippen LogP contribution in [0.2, 0.25) is 0 Å². The highest BCUT2D eigenvalue weighted by atomic mass is 32.2. The molecule has 0 aliphatic carbocycles. The van der Waals surface area contributed by atoms with Gasteiger partial charge >= 0.3 is 5.97 Å². The van der Waals surface area contributed by atoms with Gasteiger partial charge in [0.15, 0.2) is 0 Å². The molecule has 0 atom stereocenters. The number of aryl methyl sites for hydroxylation is 1. The molecule has 0 saturated heterocycles. The zero-order chi connectivity index (χ0) is 13.1. The minimum atomic E-state index is -3.77. The number of aromatic nitrogens is 2. The minimum Gasteiger partial charge on any atom is -0.480 e. The third kappa shape index (κ3) is 3.27. The second-order valence-corrected chi connectivity index (χ2v) is 5.52. The van der Waals surface area contributed by atoms with Crippen molar-refractivity contribution in [3.63, 3.8) is 0 Å². The molecular formula is C9H15N3O4S. The van der Waals surface area contributed by atoms with Gasteiger partial charge in [-0.05, 0) is 6.42 Å². The topological polar surface area (TPSA) is 92.5 Å². The Balaban J connectivity index is 3.03. The highest BCUT2D eigenvalue weighted by Crippen LogP contribution is 2.14. The lowest BCUT2D eigenvalue weighted by molar-refractivity contribution is -0.137. The fourth-order valence-corrected chi connectivity index (χ4v) is 2.83. The van der Waals surface area contributed by atoms with Crippen molar-refractivity contribution in [3.8, 4) is 0 Å². The van der Waals surface area contributed by atoms with Gasteiger partial charge in [0.2, 0.25) is 10.0 Å². The van der Waals surface area contributed by atoms with Gasteiger partial charge < -0.3 is 5.11 Å². The lowest BCUT2D eigenvalue weighted by atomic mass is 10.5. The van der Waals surface area contributed by atoms with Crippen molar-refractivity contribution >= 4 is 16.0 Å². The Morgan fingerprint density at radius 2 is 2.24 bits per heavy atom. The van der Waals surface area contributed by atoms with Crippen molar-refractivity contribution in [3.05, 3.63) is 12.4 Å². The zero-order valence-electron chi connectivity index (χ0n) is 9.70. The molecule has 0 radical (unpaired) electrons. The number of carboxylic acid groups (broad SMARTS) is 1.